The summed E-state index contributed by atoms with van der Waals surface area (Å²) in [5.41, 5.74) is 0.940. The SMILES string of the molecule is CC(C)(C)c1ccnc(NC2COC3C(NC(=O)NC4CCCCC4)COC23)n1. The maximum Gasteiger partial charge on any atom is 0.315 e. The number of fused-ring (bicyclic) bond motifs is 1. The van der Waals surface area contributed by atoms with Gasteiger partial charge in [-0.2, -0.15) is 0 Å². The highest BCUT2D eigenvalue weighted by Gasteiger charge is 2.48. The second-order valence-electron chi connectivity index (χ2n) is 9.42. The van der Waals surface area contributed by atoms with Crippen molar-refractivity contribution in [2.45, 2.75) is 88.6 Å². The Labute approximate surface area is 172 Å². The number of nitrogens with zero attached hydrogens (tertiary/aromatic N) is 2. The fourth-order valence-corrected chi connectivity index (χ4v) is 4.40. The van der Waals surface area contributed by atoms with E-state index < -0.39 is 0 Å². The molecule has 8 heteroatoms. The van der Waals surface area contributed by atoms with E-state index in [4.69, 9.17) is 9.47 Å². The molecule has 3 fully saturated rings. The number of hydrogen-bond acceptors (Lipinski definition) is 6. The number of aromatic nitrogens is 2. The Hall–Kier alpha value is -1.93. The highest BCUT2D eigenvalue weighted by atomic mass is 16.6. The van der Waals surface area contributed by atoms with E-state index >= 15 is 0 Å². The highest BCUT2D eigenvalue weighted by Crippen LogP contribution is 2.29. The van der Waals surface area contributed by atoms with Gasteiger partial charge in [0.1, 0.15) is 12.2 Å². The number of rotatable bonds is 4. The van der Waals surface area contributed by atoms with Gasteiger partial charge in [0.25, 0.3) is 0 Å². The third-order valence-electron chi connectivity index (χ3n) is 6.05. The second kappa shape index (κ2) is 8.44. The van der Waals surface area contributed by atoms with Gasteiger partial charge in [-0.05, 0) is 18.9 Å². The lowest BCUT2D eigenvalue weighted by molar-refractivity contribution is 0.0681. The maximum absolute atomic E-state index is 12.4. The van der Waals surface area contributed by atoms with Crippen molar-refractivity contribution in [3.63, 3.8) is 0 Å². The van der Waals surface area contributed by atoms with Crippen LogP contribution in [0.2, 0.25) is 0 Å². The number of hydrogen-bond donors (Lipinski definition) is 3. The standard InChI is InChI=1S/C21H33N5O3/c1-21(2,3)16-9-10-22-19(26-16)24-14-11-28-18-15(12-29-17(14)18)25-20(27)23-13-7-5-4-6-8-13/h9-10,13-15,17-18H,4-8,11-12H2,1-3H3,(H,22,24,26)(H2,23,25,27). The normalized spacial score (nSPS) is 30.0. The smallest absolute Gasteiger partial charge is 0.315 e. The molecule has 29 heavy (non-hydrogen) atoms. The lowest BCUT2D eigenvalue weighted by Gasteiger charge is -2.24. The van der Waals surface area contributed by atoms with Crippen molar-refractivity contribution in [2.24, 2.45) is 0 Å². The van der Waals surface area contributed by atoms with E-state index in [0.717, 1.165) is 18.5 Å². The molecule has 2 aliphatic heterocycles. The Morgan fingerprint density at radius 1 is 1.03 bits per heavy atom. The molecule has 8 nitrogen and oxygen atoms in total. The predicted molar refractivity (Wildman–Crippen MR) is 110 cm³/mol. The van der Waals surface area contributed by atoms with Crippen LogP contribution >= 0.6 is 0 Å². The number of amides is 2. The minimum Gasteiger partial charge on any atom is -0.371 e. The Kier molecular flexibility index (Phi) is 5.92. The van der Waals surface area contributed by atoms with E-state index in [0.29, 0.717) is 19.2 Å². The number of carbonyl (C=O) groups excluding carboxylic acids is 1. The van der Waals surface area contributed by atoms with Crippen molar-refractivity contribution in [3.05, 3.63) is 18.0 Å². The summed E-state index contributed by atoms with van der Waals surface area (Å²) in [6.07, 6.45) is 7.28. The van der Waals surface area contributed by atoms with E-state index in [1.165, 1.54) is 19.3 Å². The number of anilines is 1. The molecule has 3 N–H and O–H groups in total. The fraction of sp³-hybridized carbons (Fsp3) is 0.762. The van der Waals surface area contributed by atoms with Crippen molar-refractivity contribution in [2.75, 3.05) is 18.5 Å². The summed E-state index contributed by atoms with van der Waals surface area (Å²) in [5, 5.41) is 9.52. The van der Waals surface area contributed by atoms with E-state index in [-0.39, 0.29) is 41.8 Å². The minimum absolute atomic E-state index is 0.0385. The van der Waals surface area contributed by atoms with Gasteiger partial charge in [-0.25, -0.2) is 14.8 Å². The molecule has 4 rings (SSSR count). The number of nitrogens with one attached hydrogen (secondary N) is 3. The molecule has 3 heterocycles. The first-order valence-electron chi connectivity index (χ1n) is 10.8. The van der Waals surface area contributed by atoms with Gasteiger partial charge in [0.15, 0.2) is 0 Å². The summed E-state index contributed by atoms with van der Waals surface area (Å²) in [6.45, 7) is 7.34. The van der Waals surface area contributed by atoms with Crippen LogP contribution in [0, 0.1) is 0 Å². The molecular weight excluding hydrogens is 370 g/mol. The number of urea groups is 1. The second-order valence-corrected chi connectivity index (χ2v) is 9.42. The lowest BCUT2D eigenvalue weighted by Crippen LogP contribution is -2.51. The monoisotopic (exact) mass is 403 g/mol. The summed E-state index contributed by atoms with van der Waals surface area (Å²) in [5.74, 6) is 0.585. The van der Waals surface area contributed by atoms with Gasteiger partial charge in [0, 0.05) is 17.7 Å². The molecule has 0 bridgehead atoms. The molecule has 1 aromatic rings. The average molecular weight is 404 g/mol. The van der Waals surface area contributed by atoms with Crippen LogP contribution in [-0.4, -0.2) is 59.5 Å². The molecule has 2 saturated heterocycles. The minimum atomic E-state index is -0.157. The number of carbonyl (C=O) groups is 1. The third kappa shape index (κ3) is 4.80. The molecule has 0 spiro atoms. The molecule has 1 aliphatic carbocycles. The maximum atomic E-state index is 12.4. The molecule has 3 aliphatic rings. The van der Waals surface area contributed by atoms with Gasteiger partial charge >= 0.3 is 6.03 Å². The van der Waals surface area contributed by atoms with E-state index in [9.17, 15) is 4.79 Å². The molecular formula is C21H33N5O3. The Bertz CT molecular complexity index is 717. The van der Waals surface area contributed by atoms with Crippen molar-refractivity contribution in [1.29, 1.82) is 0 Å². The summed E-state index contributed by atoms with van der Waals surface area (Å²) in [7, 11) is 0. The third-order valence-corrected chi connectivity index (χ3v) is 6.05. The largest absolute Gasteiger partial charge is 0.371 e. The van der Waals surface area contributed by atoms with Crippen LogP contribution in [0.5, 0.6) is 0 Å². The van der Waals surface area contributed by atoms with Crippen LogP contribution in [0.15, 0.2) is 12.3 Å². The summed E-state index contributed by atoms with van der Waals surface area (Å²) in [4.78, 5) is 21.4. The van der Waals surface area contributed by atoms with Crippen LogP contribution in [-0.2, 0) is 14.9 Å². The van der Waals surface area contributed by atoms with Gasteiger partial charge in [-0.1, -0.05) is 40.0 Å². The summed E-state index contributed by atoms with van der Waals surface area (Å²) >= 11 is 0. The Morgan fingerprint density at radius 3 is 2.45 bits per heavy atom. The first kappa shape index (κ1) is 20.3. The zero-order valence-corrected chi connectivity index (χ0v) is 17.6. The van der Waals surface area contributed by atoms with Gasteiger partial charge < -0.3 is 25.4 Å². The Morgan fingerprint density at radius 2 is 1.72 bits per heavy atom. The molecule has 0 radical (unpaired) electrons. The van der Waals surface area contributed by atoms with E-state index in [2.05, 4.69) is 46.7 Å². The summed E-state index contributed by atoms with van der Waals surface area (Å²) in [6, 6.07) is 1.93. The van der Waals surface area contributed by atoms with Gasteiger partial charge in [0.05, 0.1) is 31.0 Å². The van der Waals surface area contributed by atoms with Crippen LogP contribution in [0.4, 0.5) is 10.7 Å². The fourth-order valence-electron chi connectivity index (χ4n) is 4.40. The van der Waals surface area contributed by atoms with Crippen LogP contribution in [0.3, 0.4) is 0 Å². The van der Waals surface area contributed by atoms with Crippen molar-refractivity contribution in [3.8, 4) is 0 Å². The van der Waals surface area contributed by atoms with Crippen LogP contribution in [0.1, 0.15) is 58.6 Å². The zero-order valence-electron chi connectivity index (χ0n) is 17.6. The highest BCUT2D eigenvalue weighted by molar-refractivity contribution is 5.74. The van der Waals surface area contributed by atoms with Gasteiger partial charge in [0.2, 0.25) is 5.95 Å². The summed E-state index contributed by atoms with van der Waals surface area (Å²) < 4.78 is 12.0. The Balaban J connectivity index is 1.31. The van der Waals surface area contributed by atoms with Gasteiger partial charge in [-0.15, -0.1) is 0 Å². The van der Waals surface area contributed by atoms with Crippen LogP contribution < -0.4 is 16.0 Å². The zero-order chi connectivity index (χ0) is 20.4. The lowest BCUT2D eigenvalue weighted by atomic mass is 9.92. The molecule has 2 amide bonds. The van der Waals surface area contributed by atoms with Gasteiger partial charge in [-0.3, -0.25) is 0 Å². The molecule has 4 atom stereocenters. The predicted octanol–water partition coefficient (Wildman–Crippen LogP) is 2.35. The van der Waals surface area contributed by atoms with Crippen molar-refractivity contribution < 1.29 is 14.3 Å². The van der Waals surface area contributed by atoms with Crippen molar-refractivity contribution in [1.82, 2.24) is 20.6 Å². The first-order valence-corrected chi connectivity index (χ1v) is 10.8. The first-order chi connectivity index (χ1) is 13.9. The van der Waals surface area contributed by atoms with E-state index in [1.807, 2.05) is 6.07 Å². The molecule has 160 valence electrons. The average Bonchev–Trinajstić information content (AvgIpc) is 3.26. The molecule has 1 aromatic heterocycles. The molecule has 1 saturated carbocycles. The van der Waals surface area contributed by atoms with Crippen molar-refractivity contribution >= 4 is 12.0 Å². The topological polar surface area (TPSA) is 97.4 Å². The molecule has 0 aromatic carbocycles. The quantitative estimate of drug-likeness (QED) is 0.714. The van der Waals surface area contributed by atoms with E-state index in [1.54, 1.807) is 6.20 Å². The number of ether oxygens (including phenoxy) is 2. The van der Waals surface area contributed by atoms with Crippen LogP contribution in [0.25, 0.3) is 0 Å². The molecule has 4 unspecified atom stereocenters.